The lowest BCUT2D eigenvalue weighted by molar-refractivity contribution is -0.123. The zero-order valence-electron chi connectivity index (χ0n) is 5.36. The Morgan fingerprint density at radius 1 is 1.90 bits per heavy atom. The number of thioether (sulfide) groups is 1. The number of rotatable bonds is 1. The van der Waals surface area contributed by atoms with E-state index in [1.165, 1.54) is 22.7 Å². The van der Waals surface area contributed by atoms with E-state index in [4.69, 9.17) is 5.73 Å². The van der Waals surface area contributed by atoms with E-state index >= 15 is 0 Å². The first-order valence-electron chi connectivity index (χ1n) is 2.78. The number of nitrogens with zero attached hydrogens (tertiary/aromatic N) is 1. The summed E-state index contributed by atoms with van der Waals surface area (Å²) in [5.41, 5.74) is 5.24. The maximum Gasteiger partial charge on any atom is 0.251 e. The molecule has 1 aliphatic rings. The molecule has 0 aliphatic carbocycles. The van der Waals surface area contributed by atoms with Crippen LogP contribution >= 0.6 is 11.8 Å². The molecule has 1 aliphatic heterocycles. The van der Waals surface area contributed by atoms with Gasteiger partial charge in [-0.05, 0) is 11.5 Å². The van der Waals surface area contributed by atoms with Crippen molar-refractivity contribution < 1.29 is 4.79 Å². The van der Waals surface area contributed by atoms with Crippen LogP contribution in [-0.4, -0.2) is 16.3 Å². The van der Waals surface area contributed by atoms with Gasteiger partial charge in [-0.2, -0.15) is 0 Å². The first-order chi connectivity index (χ1) is 4.75. The standard InChI is InChI=1S/C6H8N2OS/c1-2-5(9)8-3-4-10-6(8)7/h2-4,6H,1,7H2. The Morgan fingerprint density at radius 2 is 2.60 bits per heavy atom. The Kier molecular flexibility index (Phi) is 2.13. The summed E-state index contributed by atoms with van der Waals surface area (Å²) in [6, 6.07) is 0. The quantitative estimate of drug-likeness (QED) is 0.561. The molecule has 1 unspecified atom stereocenters. The zero-order chi connectivity index (χ0) is 7.56. The van der Waals surface area contributed by atoms with Gasteiger partial charge in [-0.1, -0.05) is 18.3 Å². The van der Waals surface area contributed by atoms with Crippen molar-refractivity contribution in [3.63, 3.8) is 0 Å². The van der Waals surface area contributed by atoms with Crippen LogP contribution < -0.4 is 5.73 Å². The zero-order valence-corrected chi connectivity index (χ0v) is 6.17. The van der Waals surface area contributed by atoms with Crippen LogP contribution in [0.5, 0.6) is 0 Å². The van der Waals surface area contributed by atoms with Crippen LogP contribution in [-0.2, 0) is 4.79 Å². The summed E-state index contributed by atoms with van der Waals surface area (Å²) in [6.07, 6.45) is 2.90. The van der Waals surface area contributed by atoms with E-state index < -0.39 is 0 Å². The van der Waals surface area contributed by atoms with E-state index in [1.807, 2.05) is 0 Å². The molecule has 54 valence electrons. The Morgan fingerprint density at radius 3 is 3.00 bits per heavy atom. The van der Waals surface area contributed by atoms with Crippen molar-refractivity contribution >= 4 is 17.7 Å². The van der Waals surface area contributed by atoms with Crippen molar-refractivity contribution in [2.45, 2.75) is 5.50 Å². The average Bonchev–Trinajstić information content (AvgIpc) is 2.34. The van der Waals surface area contributed by atoms with E-state index in [1.54, 1.807) is 11.6 Å². The van der Waals surface area contributed by atoms with Gasteiger partial charge in [-0.3, -0.25) is 9.69 Å². The molecule has 0 aromatic rings. The number of hydrogen-bond donors (Lipinski definition) is 1. The summed E-state index contributed by atoms with van der Waals surface area (Å²) >= 11 is 1.40. The van der Waals surface area contributed by atoms with Crippen molar-refractivity contribution in [3.8, 4) is 0 Å². The third-order valence-corrected chi connectivity index (χ3v) is 1.93. The molecule has 0 bridgehead atoms. The molecule has 1 heterocycles. The lowest BCUT2D eigenvalue weighted by atomic mass is 10.5. The van der Waals surface area contributed by atoms with Crippen LogP contribution in [0.25, 0.3) is 0 Å². The third-order valence-electron chi connectivity index (χ3n) is 1.14. The van der Waals surface area contributed by atoms with Crippen molar-refractivity contribution in [2.24, 2.45) is 5.73 Å². The Labute approximate surface area is 63.6 Å². The van der Waals surface area contributed by atoms with Crippen molar-refractivity contribution in [3.05, 3.63) is 24.3 Å². The number of nitrogens with two attached hydrogens (primary N) is 1. The van der Waals surface area contributed by atoms with Crippen LogP contribution in [0, 0.1) is 0 Å². The number of hydrogen-bond acceptors (Lipinski definition) is 3. The second-order valence-corrected chi connectivity index (χ2v) is 2.79. The minimum atomic E-state index is -0.273. The monoisotopic (exact) mass is 156 g/mol. The molecule has 0 aromatic carbocycles. The van der Waals surface area contributed by atoms with Gasteiger partial charge in [0.1, 0.15) is 5.50 Å². The van der Waals surface area contributed by atoms with Gasteiger partial charge in [0, 0.05) is 6.20 Å². The van der Waals surface area contributed by atoms with Gasteiger partial charge < -0.3 is 5.73 Å². The molecule has 0 saturated heterocycles. The topological polar surface area (TPSA) is 46.3 Å². The number of amides is 1. The maximum atomic E-state index is 10.9. The van der Waals surface area contributed by atoms with Gasteiger partial charge in [0.05, 0.1) is 0 Å². The van der Waals surface area contributed by atoms with E-state index in [0.29, 0.717) is 0 Å². The van der Waals surface area contributed by atoms with Gasteiger partial charge in [0.15, 0.2) is 0 Å². The Hall–Kier alpha value is -0.740. The molecule has 0 fully saturated rings. The lowest BCUT2D eigenvalue weighted by Gasteiger charge is -2.16. The SMILES string of the molecule is C=CC(=O)N1C=CSC1N. The smallest absolute Gasteiger partial charge is 0.251 e. The molecule has 0 radical (unpaired) electrons. The third kappa shape index (κ3) is 1.22. The fraction of sp³-hybridized carbons (Fsp3) is 0.167. The highest BCUT2D eigenvalue weighted by Crippen LogP contribution is 2.20. The number of carbonyl (C=O) groups excluding carboxylic acids is 1. The Balaban J connectivity index is 2.63. The molecule has 4 heteroatoms. The van der Waals surface area contributed by atoms with Crippen LogP contribution in [0.2, 0.25) is 0 Å². The van der Waals surface area contributed by atoms with Crippen LogP contribution in [0.15, 0.2) is 24.3 Å². The molecule has 1 rings (SSSR count). The minimum Gasteiger partial charge on any atom is -0.302 e. The fourth-order valence-corrected chi connectivity index (χ4v) is 1.30. The molecule has 3 nitrogen and oxygen atoms in total. The van der Waals surface area contributed by atoms with Gasteiger partial charge in [-0.25, -0.2) is 0 Å². The van der Waals surface area contributed by atoms with Crippen LogP contribution in [0.3, 0.4) is 0 Å². The van der Waals surface area contributed by atoms with E-state index in [-0.39, 0.29) is 11.4 Å². The summed E-state index contributed by atoms with van der Waals surface area (Å²) in [5.74, 6) is -0.159. The molecular weight excluding hydrogens is 148 g/mol. The van der Waals surface area contributed by atoms with E-state index in [2.05, 4.69) is 6.58 Å². The molecule has 0 aromatic heterocycles. The predicted octanol–water partition coefficient (Wildman–Crippen LogP) is 0.461. The molecule has 0 saturated carbocycles. The summed E-state index contributed by atoms with van der Waals surface area (Å²) in [4.78, 5) is 12.3. The molecule has 10 heavy (non-hydrogen) atoms. The summed E-state index contributed by atoms with van der Waals surface area (Å²) in [6.45, 7) is 3.35. The molecule has 1 atom stereocenters. The van der Waals surface area contributed by atoms with Crippen LogP contribution in [0.1, 0.15) is 0 Å². The van der Waals surface area contributed by atoms with Crippen molar-refractivity contribution in [1.82, 2.24) is 4.90 Å². The highest BCUT2D eigenvalue weighted by Gasteiger charge is 2.19. The van der Waals surface area contributed by atoms with E-state index in [9.17, 15) is 4.79 Å². The van der Waals surface area contributed by atoms with Gasteiger partial charge in [0.25, 0.3) is 5.91 Å². The minimum absolute atomic E-state index is 0.159. The normalized spacial score (nSPS) is 23.3. The summed E-state index contributed by atoms with van der Waals surface area (Å²) < 4.78 is 0. The predicted molar refractivity (Wildman–Crippen MR) is 41.7 cm³/mol. The van der Waals surface area contributed by atoms with Gasteiger partial charge in [0.2, 0.25) is 0 Å². The molecule has 2 N–H and O–H groups in total. The highest BCUT2D eigenvalue weighted by molar-refractivity contribution is 8.02. The van der Waals surface area contributed by atoms with Crippen LogP contribution in [0.4, 0.5) is 0 Å². The Bertz CT molecular complexity index is 190. The molecular formula is C6H8N2OS. The summed E-state index contributed by atoms with van der Waals surface area (Å²) in [5, 5.41) is 1.78. The van der Waals surface area contributed by atoms with E-state index in [0.717, 1.165) is 0 Å². The second-order valence-electron chi connectivity index (χ2n) is 1.76. The highest BCUT2D eigenvalue weighted by atomic mass is 32.2. The fourth-order valence-electron chi connectivity index (χ4n) is 0.636. The second kappa shape index (κ2) is 2.90. The van der Waals surface area contributed by atoms with Gasteiger partial charge in [-0.15, -0.1) is 0 Å². The average molecular weight is 156 g/mol. The first kappa shape index (κ1) is 7.37. The van der Waals surface area contributed by atoms with Gasteiger partial charge >= 0.3 is 0 Å². The van der Waals surface area contributed by atoms with Crippen molar-refractivity contribution in [1.29, 1.82) is 0 Å². The summed E-state index contributed by atoms with van der Waals surface area (Å²) in [7, 11) is 0. The number of carbonyl (C=O) groups is 1. The first-order valence-corrected chi connectivity index (χ1v) is 3.72. The largest absolute Gasteiger partial charge is 0.302 e. The van der Waals surface area contributed by atoms with Crippen molar-refractivity contribution in [2.75, 3.05) is 0 Å². The maximum absolute atomic E-state index is 10.9. The molecule has 0 spiro atoms. The molecule has 1 amide bonds. The lowest BCUT2D eigenvalue weighted by Crippen LogP contribution is -2.36.